The molecule has 0 aliphatic carbocycles. The summed E-state index contributed by atoms with van der Waals surface area (Å²) in [6.45, 7) is 1.77. The Morgan fingerprint density at radius 3 is 2.79 bits per heavy atom. The molecule has 0 atom stereocenters. The Hall–Kier alpha value is -2.99. The van der Waals surface area contributed by atoms with Crippen LogP contribution in [0.1, 0.15) is 11.3 Å². The van der Waals surface area contributed by atoms with Gasteiger partial charge in [-0.2, -0.15) is 5.26 Å². The molecule has 0 aliphatic rings. The van der Waals surface area contributed by atoms with E-state index in [0.717, 1.165) is 10.0 Å². The molecule has 0 unspecified atom stereocenters. The van der Waals surface area contributed by atoms with Gasteiger partial charge in [-0.25, -0.2) is 4.98 Å². The van der Waals surface area contributed by atoms with Crippen LogP contribution in [0.15, 0.2) is 34.8 Å². The van der Waals surface area contributed by atoms with Crippen LogP contribution >= 0.6 is 15.9 Å². The van der Waals surface area contributed by atoms with Crippen LogP contribution in [-0.2, 0) is 4.79 Å². The van der Waals surface area contributed by atoms with Gasteiger partial charge in [0.15, 0.2) is 0 Å². The summed E-state index contributed by atoms with van der Waals surface area (Å²) in [5.41, 5.74) is 0.893. The van der Waals surface area contributed by atoms with E-state index >= 15 is 0 Å². The van der Waals surface area contributed by atoms with E-state index in [0.29, 0.717) is 5.69 Å². The summed E-state index contributed by atoms with van der Waals surface area (Å²) >= 11 is 3.35. The lowest BCUT2D eigenvalue weighted by atomic mass is 10.2. The number of aromatic nitrogens is 1. The Kier molecular flexibility index (Phi) is 5.44. The van der Waals surface area contributed by atoms with Gasteiger partial charge < -0.3 is 10.6 Å². The lowest BCUT2D eigenvalue weighted by molar-refractivity contribution is -0.385. The molecule has 1 amide bonds. The maximum absolute atomic E-state index is 12.0. The van der Waals surface area contributed by atoms with Crippen molar-refractivity contribution in [3.63, 3.8) is 0 Å². The first-order valence-corrected chi connectivity index (χ1v) is 7.55. The maximum atomic E-state index is 12.0. The van der Waals surface area contributed by atoms with Crippen molar-refractivity contribution in [1.29, 1.82) is 5.26 Å². The van der Waals surface area contributed by atoms with Crippen LogP contribution in [0.4, 0.5) is 17.2 Å². The van der Waals surface area contributed by atoms with E-state index in [1.54, 1.807) is 12.1 Å². The Morgan fingerprint density at radius 1 is 1.42 bits per heavy atom. The van der Waals surface area contributed by atoms with Crippen molar-refractivity contribution in [2.75, 3.05) is 17.2 Å². The van der Waals surface area contributed by atoms with Crippen molar-refractivity contribution in [2.45, 2.75) is 6.92 Å². The smallest absolute Gasteiger partial charge is 0.305 e. The number of nitrogens with zero attached hydrogens (tertiary/aromatic N) is 3. The quantitative estimate of drug-likeness (QED) is 0.598. The number of carbonyl (C=O) groups is 1. The van der Waals surface area contributed by atoms with Gasteiger partial charge in [0.05, 0.1) is 11.5 Å². The van der Waals surface area contributed by atoms with Gasteiger partial charge in [0, 0.05) is 16.2 Å². The van der Waals surface area contributed by atoms with E-state index in [2.05, 4.69) is 31.5 Å². The molecule has 0 saturated heterocycles. The van der Waals surface area contributed by atoms with Gasteiger partial charge in [-0.3, -0.25) is 14.9 Å². The average Bonchev–Trinajstić information content (AvgIpc) is 2.55. The third kappa shape index (κ3) is 4.27. The highest BCUT2D eigenvalue weighted by molar-refractivity contribution is 9.10. The second kappa shape index (κ2) is 7.52. The monoisotopic (exact) mass is 389 g/mol. The molecule has 0 bridgehead atoms. The number of anilines is 2. The van der Waals surface area contributed by atoms with Crippen molar-refractivity contribution in [3.05, 3.63) is 56.2 Å². The van der Waals surface area contributed by atoms with Gasteiger partial charge in [0.1, 0.15) is 11.9 Å². The minimum Gasteiger partial charge on any atom is -0.361 e. The fourth-order valence-electron chi connectivity index (χ4n) is 1.91. The average molecular weight is 390 g/mol. The number of nitrogens with one attached hydrogen (secondary N) is 2. The van der Waals surface area contributed by atoms with E-state index in [9.17, 15) is 14.9 Å². The highest BCUT2D eigenvalue weighted by Gasteiger charge is 2.15. The van der Waals surface area contributed by atoms with Crippen molar-refractivity contribution in [2.24, 2.45) is 0 Å². The molecule has 24 heavy (non-hydrogen) atoms. The minimum absolute atomic E-state index is 0.0921. The summed E-state index contributed by atoms with van der Waals surface area (Å²) in [6, 6.07) is 9.64. The molecule has 2 N–H and O–H groups in total. The third-order valence-electron chi connectivity index (χ3n) is 3.07. The molecule has 1 aromatic carbocycles. The second-order valence-electron chi connectivity index (χ2n) is 4.79. The highest BCUT2D eigenvalue weighted by atomic mass is 79.9. The third-order valence-corrected chi connectivity index (χ3v) is 3.56. The number of aryl methyl sites for hydroxylation is 1. The summed E-state index contributed by atoms with van der Waals surface area (Å²) in [7, 11) is 0. The maximum Gasteiger partial charge on any atom is 0.305 e. The molecule has 0 radical (unpaired) electrons. The highest BCUT2D eigenvalue weighted by Crippen LogP contribution is 2.20. The van der Waals surface area contributed by atoms with Crippen LogP contribution in [0.25, 0.3) is 0 Å². The van der Waals surface area contributed by atoms with Crippen LogP contribution < -0.4 is 10.6 Å². The Balaban J connectivity index is 2.01. The number of hydrogen-bond donors (Lipinski definition) is 2. The summed E-state index contributed by atoms with van der Waals surface area (Å²) in [5, 5.41) is 25.1. The van der Waals surface area contributed by atoms with Crippen LogP contribution in [0.3, 0.4) is 0 Å². The van der Waals surface area contributed by atoms with E-state index in [1.165, 1.54) is 12.1 Å². The van der Waals surface area contributed by atoms with Gasteiger partial charge in [-0.1, -0.05) is 15.9 Å². The van der Waals surface area contributed by atoms with Crippen LogP contribution in [0.2, 0.25) is 0 Å². The van der Waals surface area contributed by atoms with Crippen molar-refractivity contribution >= 4 is 39.0 Å². The van der Waals surface area contributed by atoms with Gasteiger partial charge >= 0.3 is 5.69 Å². The van der Waals surface area contributed by atoms with Crippen molar-refractivity contribution < 1.29 is 9.72 Å². The fraction of sp³-hybridized carbons (Fsp3) is 0.133. The number of pyridine rings is 1. The molecule has 9 heteroatoms. The fourth-order valence-corrected chi connectivity index (χ4v) is 2.39. The van der Waals surface area contributed by atoms with Crippen LogP contribution in [-0.4, -0.2) is 22.4 Å². The first-order valence-electron chi connectivity index (χ1n) is 6.76. The molecule has 0 aliphatic heterocycles. The first kappa shape index (κ1) is 17.4. The molecule has 2 rings (SSSR count). The van der Waals surface area contributed by atoms with E-state index in [-0.39, 0.29) is 29.7 Å². The number of hydrogen-bond acceptors (Lipinski definition) is 6. The molecule has 122 valence electrons. The minimum atomic E-state index is -0.682. The van der Waals surface area contributed by atoms with Gasteiger partial charge in [0.25, 0.3) is 0 Å². The van der Waals surface area contributed by atoms with Gasteiger partial charge in [-0.05, 0) is 36.8 Å². The Morgan fingerprint density at radius 2 is 2.17 bits per heavy atom. The summed E-state index contributed by atoms with van der Waals surface area (Å²) in [5.74, 6) is -0.0982. The molecule has 1 aromatic heterocycles. The standard InChI is InChI=1S/C15H12BrN5O3/c1-9-6-10(16)2-3-11(9)20-15(22)8-18-14-5-4-13(21(23)24)12(7-17)19-14/h2-6H,8H2,1H3,(H,18,19)(H,20,22). The summed E-state index contributed by atoms with van der Waals surface area (Å²) < 4.78 is 0.912. The molecule has 8 nitrogen and oxygen atoms in total. The second-order valence-corrected chi connectivity index (χ2v) is 5.71. The lowest BCUT2D eigenvalue weighted by Crippen LogP contribution is -2.22. The zero-order valence-corrected chi connectivity index (χ0v) is 14.1. The van der Waals surface area contributed by atoms with Crippen LogP contribution in [0.5, 0.6) is 0 Å². The molecule has 0 fully saturated rings. The predicted molar refractivity (Wildman–Crippen MR) is 91.6 cm³/mol. The zero-order valence-electron chi connectivity index (χ0n) is 12.5. The molecule has 0 spiro atoms. The van der Waals surface area contributed by atoms with E-state index in [4.69, 9.17) is 5.26 Å². The number of rotatable bonds is 5. The number of nitro groups is 1. The molecule has 1 heterocycles. The number of halogens is 1. The molecular formula is C15H12BrN5O3. The zero-order chi connectivity index (χ0) is 17.7. The van der Waals surface area contributed by atoms with Crippen molar-refractivity contribution in [1.82, 2.24) is 4.98 Å². The topological polar surface area (TPSA) is 121 Å². The number of amides is 1. The number of carbonyl (C=O) groups excluding carboxylic acids is 1. The number of nitriles is 1. The van der Waals surface area contributed by atoms with Gasteiger partial charge in [0.2, 0.25) is 11.6 Å². The van der Waals surface area contributed by atoms with Crippen molar-refractivity contribution in [3.8, 4) is 6.07 Å². The largest absolute Gasteiger partial charge is 0.361 e. The SMILES string of the molecule is Cc1cc(Br)ccc1NC(=O)CNc1ccc([N+](=O)[O-])c(C#N)n1. The Bertz CT molecular complexity index is 847. The Labute approximate surface area is 145 Å². The van der Waals surface area contributed by atoms with Gasteiger partial charge in [-0.15, -0.1) is 0 Å². The van der Waals surface area contributed by atoms with E-state index < -0.39 is 4.92 Å². The normalized spacial score (nSPS) is 9.88. The molecule has 2 aromatic rings. The number of benzene rings is 1. The summed E-state index contributed by atoms with van der Waals surface area (Å²) in [4.78, 5) is 25.8. The molecular weight excluding hydrogens is 378 g/mol. The predicted octanol–water partition coefficient (Wildman–Crippen LogP) is 2.98. The van der Waals surface area contributed by atoms with E-state index in [1.807, 2.05) is 19.1 Å². The molecule has 0 saturated carbocycles. The first-order chi connectivity index (χ1) is 11.4. The lowest BCUT2D eigenvalue weighted by Gasteiger charge is -2.10. The summed E-state index contributed by atoms with van der Waals surface area (Å²) in [6.07, 6.45) is 0. The van der Waals surface area contributed by atoms with Crippen LogP contribution in [0, 0.1) is 28.4 Å².